The highest BCUT2D eigenvalue weighted by Crippen LogP contribution is 2.33. The molecule has 1 heterocycles. The average Bonchev–Trinajstić information content (AvgIpc) is 2.46. The molecular formula is C15H19NO3. The highest BCUT2D eigenvalue weighted by atomic mass is 16.4. The molecule has 0 amide bonds. The lowest BCUT2D eigenvalue weighted by molar-refractivity contribution is -0.138. The fraction of sp³-hybridized carbons (Fsp3) is 0.533. The Balaban J connectivity index is 2.16. The molecule has 0 spiro atoms. The lowest BCUT2D eigenvalue weighted by Gasteiger charge is -2.28. The predicted octanol–water partition coefficient (Wildman–Crippen LogP) is 2.94. The number of Topliss-reactive ketones (excluding diaryl/α,β-unsaturated/α-hetero) is 1. The van der Waals surface area contributed by atoms with Crippen molar-refractivity contribution >= 4 is 11.8 Å². The van der Waals surface area contributed by atoms with Crippen molar-refractivity contribution in [3.05, 3.63) is 30.1 Å². The molecule has 1 N–H and O–H groups in total. The molecule has 19 heavy (non-hydrogen) atoms. The van der Waals surface area contributed by atoms with Crippen LogP contribution in [0.15, 0.2) is 24.5 Å². The predicted molar refractivity (Wildman–Crippen MR) is 70.9 cm³/mol. The maximum atomic E-state index is 12.5. The Labute approximate surface area is 112 Å². The Bertz CT molecular complexity index is 438. The minimum atomic E-state index is -0.891. The van der Waals surface area contributed by atoms with E-state index in [-0.39, 0.29) is 24.0 Å². The van der Waals surface area contributed by atoms with Gasteiger partial charge < -0.3 is 5.11 Å². The number of ketones is 1. The molecule has 0 aliphatic heterocycles. The zero-order valence-electron chi connectivity index (χ0n) is 10.9. The van der Waals surface area contributed by atoms with Crippen LogP contribution in [0.5, 0.6) is 0 Å². The van der Waals surface area contributed by atoms with Crippen molar-refractivity contribution in [3.8, 4) is 0 Å². The van der Waals surface area contributed by atoms with Gasteiger partial charge in [-0.1, -0.05) is 19.3 Å². The normalized spacial score (nSPS) is 17.9. The van der Waals surface area contributed by atoms with Crippen LogP contribution in [0.3, 0.4) is 0 Å². The van der Waals surface area contributed by atoms with Gasteiger partial charge >= 0.3 is 5.97 Å². The monoisotopic (exact) mass is 261 g/mol. The van der Waals surface area contributed by atoms with Gasteiger partial charge in [0.15, 0.2) is 5.78 Å². The number of pyridine rings is 1. The van der Waals surface area contributed by atoms with Crippen molar-refractivity contribution in [2.75, 3.05) is 0 Å². The van der Waals surface area contributed by atoms with Crippen molar-refractivity contribution in [2.45, 2.75) is 38.5 Å². The van der Waals surface area contributed by atoms with Crippen LogP contribution in [-0.4, -0.2) is 21.8 Å². The minimum Gasteiger partial charge on any atom is -0.481 e. The maximum Gasteiger partial charge on any atom is 0.304 e. The summed E-state index contributed by atoms with van der Waals surface area (Å²) in [5.74, 6) is -1.11. The van der Waals surface area contributed by atoms with E-state index < -0.39 is 5.97 Å². The van der Waals surface area contributed by atoms with Gasteiger partial charge in [-0.25, -0.2) is 0 Å². The summed E-state index contributed by atoms with van der Waals surface area (Å²) in [6, 6.07) is 3.33. The standard InChI is InChI=1S/C15H19NO3/c17-14(18)10-13(11-4-2-1-3-5-11)15(19)12-6-8-16-9-7-12/h6-9,11,13H,1-5,10H2,(H,17,18). The summed E-state index contributed by atoms with van der Waals surface area (Å²) in [7, 11) is 0. The summed E-state index contributed by atoms with van der Waals surface area (Å²) in [5, 5.41) is 9.05. The largest absolute Gasteiger partial charge is 0.481 e. The number of carbonyl (C=O) groups excluding carboxylic acids is 1. The zero-order valence-corrected chi connectivity index (χ0v) is 10.9. The van der Waals surface area contributed by atoms with E-state index in [9.17, 15) is 9.59 Å². The summed E-state index contributed by atoms with van der Waals surface area (Å²) in [4.78, 5) is 27.4. The first-order valence-electron chi connectivity index (χ1n) is 6.84. The SMILES string of the molecule is O=C(O)CC(C(=O)c1ccncc1)C1CCCCC1. The molecule has 1 fully saturated rings. The Morgan fingerprint density at radius 2 is 1.84 bits per heavy atom. The molecular weight excluding hydrogens is 242 g/mol. The van der Waals surface area contributed by atoms with Crippen molar-refractivity contribution in [1.29, 1.82) is 0 Å². The third-order valence-corrected chi connectivity index (χ3v) is 3.92. The molecule has 0 aromatic carbocycles. The second-order valence-electron chi connectivity index (χ2n) is 5.20. The van der Waals surface area contributed by atoms with Gasteiger partial charge in [0.25, 0.3) is 0 Å². The Kier molecular flexibility index (Phi) is 4.66. The third kappa shape index (κ3) is 3.63. The van der Waals surface area contributed by atoms with Crippen LogP contribution in [0, 0.1) is 11.8 Å². The number of nitrogens with zero attached hydrogens (tertiary/aromatic N) is 1. The molecule has 1 unspecified atom stereocenters. The number of carbonyl (C=O) groups is 2. The summed E-state index contributed by atoms with van der Waals surface area (Å²) in [5.41, 5.74) is 0.576. The van der Waals surface area contributed by atoms with Crippen LogP contribution >= 0.6 is 0 Å². The summed E-state index contributed by atoms with van der Waals surface area (Å²) in [6.07, 6.45) is 8.42. The second-order valence-corrected chi connectivity index (χ2v) is 5.20. The van der Waals surface area contributed by atoms with Crippen LogP contribution in [0.1, 0.15) is 48.9 Å². The third-order valence-electron chi connectivity index (χ3n) is 3.92. The lowest BCUT2D eigenvalue weighted by Crippen LogP contribution is -2.28. The first-order valence-corrected chi connectivity index (χ1v) is 6.84. The molecule has 4 nitrogen and oxygen atoms in total. The van der Waals surface area contributed by atoms with Gasteiger partial charge in [-0.3, -0.25) is 14.6 Å². The number of rotatable bonds is 5. The quantitative estimate of drug-likeness (QED) is 0.827. The molecule has 0 bridgehead atoms. The van der Waals surface area contributed by atoms with Crippen LogP contribution in [-0.2, 0) is 4.79 Å². The smallest absolute Gasteiger partial charge is 0.304 e. The molecule has 0 radical (unpaired) electrons. The maximum absolute atomic E-state index is 12.5. The van der Waals surface area contributed by atoms with Crippen LogP contribution < -0.4 is 0 Å². The van der Waals surface area contributed by atoms with Crippen LogP contribution in [0.2, 0.25) is 0 Å². The molecule has 2 rings (SSSR count). The van der Waals surface area contributed by atoms with Crippen molar-refractivity contribution in [2.24, 2.45) is 11.8 Å². The number of carboxylic acids is 1. The molecule has 1 atom stereocenters. The van der Waals surface area contributed by atoms with E-state index in [1.165, 1.54) is 6.42 Å². The molecule has 102 valence electrons. The number of carboxylic acid groups (broad SMARTS) is 1. The molecule has 1 aromatic rings. The Morgan fingerprint density at radius 1 is 1.21 bits per heavy atom. The van der Waals surface area contributed by atoms with Gasteiger partial charge in [-0.15, -0.1) is 0 Å². The van der Waals surface area contributed by atoms with Gasteiger partial charge in [0.1, 0.15) is 0 Å². The lowest BCUT2D eigenvalue weighted by atomic mass is 9.75. The highest BCUT2D eigenvalue weighted by Gasteiger charge is 2.31. The highest BCUT2D eigenvalue weighted by molar-refractivity contribution is 5.99. The van der Waals surface area contributed by atoms with Crippen LogP contribution in [0.4, 0.5) is 0 Å². The van der Waals surface area contributed by atoms with Crippen molar-refractivity contribution < 1.29 is 14.7 Å². The van der Waals surface area contributed by atoms with Crippen LogP contribution in [0.25, 0.3) is 0 Å². The molecule has 1 saturated carbocycles. The van der Waals surface area contributed by atoms with Crippen molar-refractivity contribution in [1.82, 2.24) is 4.98 Å². The van der Waals surface area contributed by atoms with Crippen molar-refractivity contribution in [3.63, 3.8) is 0 Å². The van der Waals surface area contributed by atoms with E-state index in [1.807, 2.05) is 0 Å². The van der Waals surface area contributed by atoms with Gasteiger partial charge in [0.05, 0.1) is 6.42 Å². The zero-order chi connectivity index (χ0) is 13.7. The van der Waals surface area contributed by atoms with E-state index in [1.54, 1.807) is 24.5 Å². The molecule has 1 aliphatic rings. The summed E-state index contributed by atoms with van der Waals surface area (Å²) in [6.45, 7) is 0. The van der Waals surface area contributed by atoms with Gasteiger partial charge in [-0.2, -0.15) is 0 Å². The van der Waals surface area contributed by atoms with E-state index in [0.29, 0.717) is 5.56 Å². The van der Waals surface area contributed by atoms with Gasteiger partial charge in [-0.05, 0) is 30.9 Å². The first kappa shape index (κ1) is 13.7. The number of aliphatic carboxylic acids is 1. The van der Waals surface area contributed by atoms with E-state index >= 15 is 0 Å². The fourth-order valence-electron chi connectivity index (χ4n) is 2.93. The minimum absolute atomic E-state index is 0.0447. The second kappa shape index (κ2) is 6.45. The van der Waals surface area contributed by atoms with E-state index in [0.717, 1.165) is 25.7 Å². The molecule has 0 saturated heterocycles. The fourth-order valence-corrected chi connectivity index (χ4v) is 2.93. The first-order chi connectivity index (χ1) is 9.18. The van der Waals surface area contributed by atoms with Gasteiger partial charge in [0.2, 0.25) is 0 Å². The number of aromatic nitrogens is 1. The van der Waals surface area contributed by atoms with E-state index in [4.69, 9.17) is 5.11 Å². The molecule has 1 aromatic heterocycles. The topological polar surface area (TPSA) is 67.3 Å². The summed E-state index contributed by atoms with van der Waals surface area (Å²) < 4.78 is 0. The summed E-state index contributed by atoms with van der Waals surface area (Å²) >= 11 is 0. The van der Waals surface area contributed by atoms with Gasteiger partial charge in [0, 0.05) is 23.9 Å². The number of hydrogen-bond acceptors (Lipinski definition) is 3. The van der Waals surface area contributed by atoms with E-state index in [2.05, 4.69) is 4.98 Å². The molecule has 1 aliphatic carbocycles. The molecule has 4 heteroatoms. The number of hydrogen-bond donors (Lipinski definition) is 1. The Hall–Kier alpha value is -1.71. The Morgan fingerprint density at radius 3 is 2.42 bits per heavy atom. The average molecular weight is 261 g/mol.